The van der Waals surface area contributed by atoms with Gasteiger partial charge in [0.25, 0.3) is 0 Å². The number of nitrogens with one attached hydrogen (secondary N) is 1. The molecule has 2 aliphatic rings. The zero-order valence-corrected chi connectivity index (χ0v) is 15.9. The van der Waals surface area contributed by atoms with Crippen LogP contribution in [-0.4, -0.2) is 49.4 Å². The highest BCUT2D eigenvalue weighted by Crippen LogP contribution is 2.28. The van der Waals surface area contributed by atoms with E-state index in [0.717, 1.165) is 19.4 Å². The van der Waals surface area contributed by atoms with Gasteiger partial charge in [0.15, 0.2) is 9.84 Å². The lowest BCUT2D eigenvalue weighted by molar-refractivity contribution is -0.123. The summed E-state index contributed by atoms with van der Waals surface area (Å²) in [6.07, 6.45) is 2.80. The molecular weight excluding hydrogens is 336 g/mol. The van der Waals surface area contributed by atoms with Crippen molar-refractivity contribution in [3.05, 3.63) is 35.4 Å². The first-order valence-corrected chi connectivity index (χ1v) is 11.0. The van der Waals surface area contributed by atoms with Gasteiger partial charge < -0.3 is 5.32 Å². The molecule has 0 radical (unpaired) electrons. The number of amides is 1. The van der Waals surface area contributed by atoms with Crippen LogP contribution in [0.3, 0.4) is 0 Å². The summed E-state index contributed by atoms with van der Waals surface area (Å²) in [5.41, 5.74) is 2.54. The second-order valence-electron chi connectivity index (χ2n) is 7.70. The van der Waals surface area contributed by atoms with Crippen molar-refractivity contribution in [1.29, 1.82) is 0 Å². The molecule has 1 aromatic carbocycles. The molecular formula is C19H28N2O3S. The summed E-state index contributed by atoms with van der Waals surface area (Å²) in [5, 5.41) is 2.90. The van der Waals surface area contributed by atoms with Crippen LogP contribution in [0.5, 0.6) is 0 Å². The molecule has 2 fully saturated rings. The predicted octanol–water partition coefficient (Wildman–Crippen LogP) is 2.08. The van der Waals surface area contributed by atoms with E-state index in [9.17, 15) is 13.2 Å². The highest BCUT2D eigenvalue weighted by atomic mass is 32.2. The zero-order valence-electron chi connectivity index (χ0n) is 15.1. The largest absolute Gasteiger partial charge is 0.351 e. The predicted molar refractivity (Wildman–Crippen MR) is 99.2 cm³/mol. The van der Waals surface area contributed by atoms with Crippen LogP contribution >= 0.6 is 0 Å². The molecule has 0 bridgehead atoms. The maximum atomic E-state index is 12.3. The zero-order chi connectivity index (χ0) is 18.0. The molecule has 1 heterocycles. The van der Waals surface area contributed by atoms with E-state index in [2.05, 4.69) is 48.3 Å². The fourth-order valence-electron chi connectivity index (χ4n) is 3.36. The van der Waals surface area contributed by atoms with Gasteiger partial charge in [0.1, 0.15) is 0 Å². The fourth-order valence-corrected chi connectivity index (χ4v) is 5.04. The van der Waals surface area contributed by atoms with Crippen molar-refractivity contribution in [2.24, 2.45) is 0 Å². The van der Waals surface area contributed by atoms with E-state index < -0.39 is 9.84 Å². The Morgan fingerprint density at radius 3 is 2.40 bits per heavy atom. The molecule has 5 nitrogen and oxygen atoms in total. The van der Waals surface area contributed by atoms with Crippen molar-refractivity contribution in [3.63, 3.8) is 0 Å². The first-order valence-electron chi connectivity index (χ1n) is 9.15. The molecule has 1 saturated heterocycles. The number of carbonyl (C=O) groups is 1. The third kappa shape index (κ3) is 5.28. The molecule has 6 heteroatoms. The van der Waals surface area contributed by atoms with Crippen LogP contribution in [0.1, 0.15) is 50.2 Å². The van der Waals surface area contributed by atoms with Crippen molar-refractivity contribution in [2.75, 3.05) is 18.1 Å². The Bertz CT molecular complexity index is 709. The standard InChI is InChI=1S/C19H28N2O3S/c1-14(2)16-5-3-15(4-6-16)11-21(18-7-8-18)12-19(22)20-17-9-10-25(23,24)13-17/h3-6,14,17-18H,7-13H2,1-2H3,(H,20,22)/t17-/m0/s1. The monoisotopic (exact) mass is 364 g/mol. The van der Waals surface area contributed by atoms with E-state index in [0.29, 0.717) is 24.9 Å². The van der Waals surface area contributed by atoms with Crippen LogP contribution in [-0.2, 0) is 21.2 Å². The van der Waals surface area contributed by atoms with Crippen molar-refractivity contribution in [3.8, 4) is 0 Å². The number of hydrogen-bond acceptors (Lipinski definition) is 4. The molecule has 1 amide bonds. The lowest BCUT2D eigenvalue weighted by atomic mass is 10.0. The molecule has 0 aromatic heterocycles. The van der Waals surface area contributed by atoms with E-state index in [1.807, 2.05) is 0 Å². The van der Waals surface area contributed by atoms with Crippen LogP contribution < -0.4 is 5.32 Å². The minimum atomic E-state index is -2.96. The molecule has 1 aliphatic carbocycles. The van der Waals surface area contributed by atoms with Gasteiger partial charge >= 0.3 is 0 Å². The maximum absolute atomic E-state index is 12.3. The highest BCUT2D eigenvalue weighted by Gasteiger charge is 2.32. The van der Waals surface area contributed by atoms with Crippen molar-refractivity contribution in [2.45, 2.75) is 57.7 Å². The molecule has 1 saturated carbocycles. The summed E-state index contributed by atoms with van der Waals surface area (Å²) in [5.74, 6) is 0.723. The van der Waals surface area contributed by atoms with Gasteiger partial charge in [-0.05, 0) is 36.3 Å². The third-order valence-corrected chi connectivity index (χ3v) is 6.81. The van der Waals surface area contributed by atoms with E-state index >= 15 is 0 Å². The number of sulfone groups is 1. The van der Waals surface area contributed by atoms with Crippen LogP contribution in [0.25, 0.3) is 0 Å². The van der Waals surface area contributed by atoms with Gasteiger partial charge in [-0.2, -0.15) is 0 Å². The Kier molecular flexibility index (Phi) is 5.49. The van der Waals surface area contributed by atoms with E-state index in [-0.39, 0.29) is 23.5 Å². The van der Waals surface area contributed by atoms with Gasteiger partial charge in [0.2, 0.25) is 5.91 Å². The summed E-state index contributed by atoms with van der Waals surface area (Å²) in [6.45, 7) is 5.46. The average molecular weight is 365 g/mol. The molecule has 25 heavy (non-hydrogen) atoms. The van der Waals surface area contributed by atoms with Crippen LogP contribution in [0, 0.1) is 0 Å². The molecule has 0 unspecified atom stereocenters. The summed E-state index contributed by atoms with van der Waals surface area (Å²) < 4.78 is 23.0. The van der Waals surface area contributed by atoms with Gasteiger partial charge in [-0.15, -0.1) is 0 Å². The van der Waals surface area contributed by atoms with Crippen molar-refractivity contribution in [1.82, 2.24) is 10.2 Å². The Morgan fingerprint density at radius 2 is 1.88 bits per heavy atom. The summed E-state index contributed by atoms with van der Waals surface area (Å²) >= 11 is 0. The highest BCUT2D eigenvalue weighted by molar-refractivity contribution is 7.91. The maximum Gasteiger partial charge on any atom is 0.234 e. The Labute approximate surface area is 150 Å². The number of nitrogens with zero attached hydrogens (tertiary/aromatic N) is 1. The van der Waals surface area contributed by atoms with Gasteiger partial charge in [0.05, 0.1) is 18.1 Å². The minimum absolute atomic E-state index is 0.0622. The number of rotatable bonds is 7. The smallest absolute Gasteiger partial charge is 0.234 e. The van der Waals surface area contributed by atoms with E-state index in [1.165, 1.54) is 11.1 Å². The lowest BCUT2D eigenvalue weighted by Gasteiger charge is -2.23. The number of hydrogen-bond donors (Lipinski definition) is 1. The van der Waals surface area contributed by atoms with Gasteiger partial charge in [-0.1, -0.05) is 38.1 Å². The first kappa shape index (κ1) is 18.4. The van der Waals surface area contributed by atoms with Gasteiger partial charge in [-0.3, -0.25) is 9.69 Å². The van der Waals surface area contributed by atoms with Crippen molar-refractivity contribution < 1.29 is 13.2 Å². The van der Waals surface area contributed by atoms with Crippen LogP contribution in [0.15, 0.2) is 24.3 Å². The fraction of sp³-hybridized carbons (Fsp3) is 0.632. The summed E-state index contributed by atoms with van der Waals surface area (Å²) in [7, 11) is -2.96. The van der Waals surface area contributed by atoms with Crippen LogP contribution in [0.4, 0.5) is 0 Å². The number of benzene rings is 1. The average Bonchev–Trinajstić information content (AvgIpc) is 3.32. The second kappa shape index (κ2) is 7.46. The SMILES string of the molecule is CC(C)c1ccc(CN(CC(=O)N[C@H]2CCS(=O)(=O)C2)C2CC2)cc1. The molecule has 1 aliphatic heterocycles. The lowest BCUT2D eigenvalue weighted by Crippen LogP contribution is -2.43. The Hall–Kier alpha value is -1.40. The molecule has 1 aromatic rings. The quantitative estimate of drug-likeness (QED) is 0.804. The number of carbonyl (C=O) groups excluding carboxylic acids is 1. The van der Waals surface area contributed by atoms with Gasteiger partial charge in [0, 0.05) is 18.6 Å². The second-order valence-corrected chi connectivity index (χ2v) is 9.93. The summed E-state index contributed by atoms with van der Waals surface area (Å²) in [4.78, 5) is 14.6. The molecule has 0 spiro atoms. The molecule has 1 N–H and O–H groups in total. The minimum Gasteiger partial charge on any atom is -0.351 e. The topological polar surface area (TPSA) is 66.5 Å². The van der Waals surface area contributed by atoms with Gasteiger partial charge in [-0.25, -0.2) is 8.42 Å². The first-order chi connectivity index (χ1) is 11.8. The molecule has 1 atom stereocenters. The molecule has 138 valence electrons. The summed E-state index contributed by atoms with van der Waals surface area (Å²) in [6, 6.07) is 8.87. The molecule has 3 rings (SSSR count). The Morgan fingerprint density at radius 1 is 1.20 bits per heavy atom. The normalized spacial score (nSPS) is 22.5. The van der Waals surface area contributed by atoms with Crippen LogP contribution in [0.2, 0.25) is 0 Å². The van der Waals surface area contributed by atoms with Crippen molar-refractivity contribution >= 4 is 15.7 Å². The third-order valence-electron chi connectivity index (χ3n) is 5.04. The Balaban J connectivity index is 1.55. The van der Waals surface area contributed by atoms with E-state index in [1.54, 1.807) is 0 Å². The van der Waals surface area contributed by atoms with E-state index in [4.69, 9.17) is 0 Å².